The summed E-state index contributed by atoms with van der Waals surface area (Å²) in [5.74, 6) is 0.961. The van der Waals surface area contributed by atoms with Gasteiger partial charge in [0.05, 0.1) is 11.7 Å². The Bertz CT molecular complexity index is 2480. The fourth-order valence-electron chi connectivity index (χ4n) is 7.77. The third-order valence-electron chi connectivity index (χ3n) is 10.0. The van der Waals surface area contributed by atoms with E-state index in [0.717, 1.165) is 44.6 Å². The van der Waals surface area contributed by atoms with Crippen LogP contribution >= 0.6 is 0 Å². The molecule has 1 aromatic heterocycles. The Morgan fingerprint density at radius 1 is 0.542 bits per heavy atom. The van der Waals surface area contributed by atoms with E-state index in [1.165, 1.54) is 44.5 Å². The molecule has 1 atom stereocenters. The van der Waals surface area contributed by atoms with Crippen LogP contribution in [0, 0.1) is 0 Å². The number of amidine groups is 1. The maximum atomic E-state index is 6.81. The van der Waals surface area contributed by atoms with Gasteiger partial charge in [0, 0.05) is 33.4 Å². The highest BCUT2D eigenvalue weighted by Crippen LogP contribution is 2.50. The molecule has 0 saturated carbocycles. The van der Waals surface area contributed by atoms with Crippen LogP contribution in [-0.2, 0) is 0 Å². The third kappa shape index (κ3) is 4.18. The van der Waals surface area contributed by atoms with Gasteiger partial charge in [0.25, 0.3) is 0 Å². The largest absolute Gasteiger partial charge is 0.456 e. The Morgan fingerprint density at radius 2 is 1.21 bits per heavy atom. The Labute approximate surface area is 278 Å². The minimum absolute atomic E-state index is 0.0597. The Balaban J connectivity index is 1.05. The molecule has 0 bridgehead atoms. The summed E-state index contributed by atoms with van der Waals surface area (Å²) in [5, 5.41) is 5.97. The van der Waals surface area contributed by atoms with Gasteiger partial charge in [-0.05, 0) is 51.1 Å². The second kappa shape index (κ2) is 10.7. The number of hydrogen-bond acceptors (Lipinski definition) is 3. The normalized spacial score (nSPS) is 16.5. The van der Waals surface area contributed by atoms with Gasteiger partial charge in [-0.3, -0.25) is 4.99 Å². The van der Waals surface area contributed by atoms with Crippen LogP contribution in [0.4, 0.5) is 0 Å². The molecule has 10 rings (SSSR count). The minimum atomic E-state index is -0.0597. The van der Waals surface area contributed by atoms with Crippen molar-refractivity contribution in [3.05, 3.63) is 197 Å². The second-order valence-corrected chi connectivity index (χ2v) is 12.7. The first-order valence-corrected chi connectivity index (χ1v) is 16.5. The molecule has 3 aliphatic rings. The van der Waals surface area contributed by atoms with Gasteiger partial charge in [-0.25, -0.2) is 0 Å². The lowest BCUT2D eigenvalue weighted by molar-refractivity contribution is 0.661. The molecule has 0 radical (unpaired) electrons. The molecule has 6 aromatic carbocycles. The van der Waals surface area contributed by atoms with E-state index in [1.807, 2.05) is 0 Å². The molecule has 0 saturated heterocycles. The van der Waals surface area contributed by atoms with E-state index in [-0.39, 0.29) is 12.0 Å². The van der Waals surface area contributed by atoms with Crippen molar-refractivity contribution in [1.82, 2.24) is 5.32 Å². The molecule has 2 heterocycles. The van der Waals surface area contributed by atoms with E-state index in [4.69, 9.17) is 9.41 Å². The first kappa shape index (κ1) is 27.0. The van der Waals surface area contributed by atoms with E-state index >= 15 is 0 Å². The van der Waals surface area contributed by atoms with Crippen molar-refractivity contribution < 1.29 is 4.42 Å². The van der Waals surface area contributed by atoms with Crippen molar-refractivity contribution in [3.8, 4) is 22.3 Å². The molecule has 1 unspecified atom stereocenters. The van der Waals surface area contributed by atoms with Crippen LogP contribution < -0.4 is 5.32 Å². The Morgan fingerprint density at radius 3 is 2.00 bits per heavy atom. The lowest BCUT2D eigenvalue weighted by atomic mass is 9.88. The Hall–Kier alpha value is -6.19. The van der Waals surface area contributed by atoms with E-state index in [2.05, 4.69) is 169 Å². The molecule has 1 aliphatic heterocycles. The second-order valence-electron chi connectivity index (χ2n) is 12.7. The van der Waals surface area contributed by atoms with Crippen molar-refractivity contribution in [1.29, 1.82) is 0 Å². The van der Waals surface area contributed by atoms with Crippen LogP contribution in [0.3, 0.4) is 0 Å². The number of nitrogens with zero attached hydrogens (tertiary/aromatic N) is 1. The lowest BCUT2D eigenvalue weighted by Crippen LogP contribution is -2.32. The molecule has 226 valence electrons. The fourth-order valence-corrected chi connectivity index (χ4v) is 7.77. The number of rotatable bonds is 4. The lowest BCUT2D eigenvalue weighted by Gasteiger charge is -2.27. The van der Waals surface area contributed by atoms with Gasteiger partial charge < -0.3 is 9.73 Å². The number of benzene rings is 6. The number of para-hydroxylation sites is 1. The molecular formula is C45H30N2O. The highest BCUT2D eigenvalue weighted by molar-refractivity contribution is 6.11. The summed E-state index contributed by atoms with van der Waals surface area (Å²) in [6, 6.07) is 49.8. The first-order valence-electron chi connectivity index (χ1n) is 16.5. The van der Waals surface area contributed by atoms with Gasteiger partial charge in [-0.15, -0.1) is 0 Å². The standard InChI is InChI=1S/C45H30N2O/c1-2-11-28(12-3-1)29-21-23-30(24-22-29)43-38-17-8-9-20-40(38)46-45(47-43)31-25-26-34-37-18-10-19-39(44(37)48-41(34)27-31)42-35-15-6-4-13-32(35)33-14-5-7-16-36(33)42/h1-27,40,42H,(H,46,47). The highest BCUT2D eigenvalue weighted by atomic mass is 16.3. The third-order valence-corrected chi connectivity index (χ3v) is 10.0. The summed E-state index contributed by atoms with van der Waals surface area (Å²) in [5.41, 5.74) is 15.1. The molecular weight excluding hydrogens is 585 g/mol. The molecule has 0 fully saturated rings. The predicted octanol–water partition coefficient (Wildman–Crippen LogP) is 10.7. The molecule has 7 aromatic rings. The number of nitrogens with one attached hydrogen (secondary N) is 1. The average molecular weight is 615 g/mol. The van der Waals surface area contributed by atoms with Crippen LogP contribution in [-0.4, -0.2) is 11.9 Å². The zero-order chi connectivity index (χ0) is 31.6. The summed E-state index contributed by atoms with van der Waals surface area (Å²) < 4.78 is 6.81. The predicted molar refractivity (Wildman–Crippen MR) is 197 cm³/mol. The number of furan rings is 1. The number of aliphatic imine (C=N–C) groups is 1. The van der Waals surface area contributed by atoms with Crippen molar-refractivity contribution in [3.63, 3.8) is 0 Å². The van der Waals surface area contributed by atoms with E-state index in [1.54, 1.807) is 0 Å². The van der Waals surface area contributed by atoms with Crippen LogP contribution in [0.25, 0.3) is 49.9 Å². The number of fused-ring (bicyclic) bond motifs is 7. The maximum Gasteiger partial charge on any atom is 0.139 e. The number of hydrogen-bond donors (Lipinski definition) is 1. The molecule has 48 heavy (non-hydrogen) atoms. The smallest absolute Gasteiger partial charge is 0.139 e. The van der Waals surface area contributed by atoms with Gasteiger partial charge in [-0.2, -0.15) is 0 Å². The highest BCUT2D eigenvalue weighted by Gasteiger charge is 2.32. The van der Waals surface area contributed by atoms with Crippen LogP contribution in [0.15, 0.2) is 179 Å². The zero-order valence-electron chi connectivity index (χ0n) is 26.1. The molecule has 3 nitrogen and oxygen atoms in total. The van der Waals surface area contributed by atoms with Crippen molar-refractivity contribution in [2.45, 2.75) is 12.0 Å². The summed E-state index contributed by atoms with van der Waals surface area (Å²) in [6.45, 7) is 0. The van der Waals surface area contributed by atoms with E-state index < -0.39 is 0 Å². The van der Waals surface area contributed by atoms with Crippen LogP contribution in [0.1, 0.15) is 33.7 Å². The number of allylic oxidation sites excluding steroid dienone is 2. The SMILES string of the molecule is C1=CC2=C(c3ccc(-c4ccccc4)cc3)NC(c3ccc4c(c3)oc3c(C5c6ccccc6-c6ccccc65)cccc34)=NC2C=C1. The summed E-state index contributed by atoms with van der Waals surface area (Å²) in [7, 11) is 0. The molecule has 1 N–H and O–H groups in total. The zero-order valence-corrected chi connectivity index (χ0v) is 26.1. The quantitative estimate of drug-likeness (QED) is 0.214. The van der Waals surface area contributed by atoms with Gasteiger partial charge in [0.2, 0.25) is 0 Å². The Kier molecular flexibility index (Phi) is 6.00. The summed E-state index contributed by atoms with van der Waals surface area (Å²) in [6.07, 6.45) is 8.50. The topological polar surface area (TPSA) is 37.5 Å². The minimum Gasteiger partial charge on any atom is -0.456 e. The van der Waals surface area contributed by atoms with Crippen molar-refractivity contribution in [2.24, 2.45) is 4.99 Å². The molecule has 2 aliphatic carbocycles. The monoisotopic (exact) mass is 614 g/mol. The molecule has 0 amide bonds. The van der Waals surface area contributed by atoms with Crippen LogP contribution in [0.2, 0.25) is 0 Å². The average Bonchev–Trinajstić information content (AvgIpc) is 3.70. The van der Waals surface area contributed by atoms with Gasteiger partial charge in [-0.1, -0.05) is 152 Å². The van der Waals surface area contributed by atoms with Crippen molar-refractivity contribution >= 4 is 33.5 Å². The van der Waals surface area contributed by atoms with Gasteiger partial charge >= 0.3 is 0 Å². The summed E-state index contributed by atoms with van der Waals surface area (Å²) >= 11 is 0. The van der Waals surface area contributed by atoms with Crippen molar-refractivity contribution in [2.75, 3.05) is 0 Å². The summed E-state index contributed by atoms with van der Waals surface area (Å²) in [4.78, 5) is 5.17. The fraction of sp³-hybridized carbons (Fsp3) is 0.0444. The van der Waals surface area contributed by atoms with Crippen LogP contribution in [0.5, 0.6) is 0 Å². The van der Waals surface area contributed by atoms with E-state index in [9.17, 15) is 0 Å². The molecule has 3 heteroatoms. The van der Waals surface area contributed by atoms with Gasteiger partial charge in [0.15, 0.2) is 0 Å². The maximum absolute atomic E-state index is 6.81. The van der Waals surface area contributed by atoms with Gasteiger partial charge in [0.1, 0.15) is 17.0 Å². The van der Waals surface area contributed by atoms with E-state index in [0.29, 0.717) is 0 Å². The molecule has 0 spiro atoms. The first-order chi connectivity index (χ1) is 23.8.